The van der Waals surface area contributed by atoms with Crippen LogP contribution in [0.25, 0.3) is 0 Å². The molecule has 1 fully saturated rings. The van der Waals surface area contributed by atoms with Crippen molar-refractivity contribution in [3.8, 4) is 0 Å². The first-order valence-electron chi connectivity index (χ1n) is 4.89. The zero-order chi connectivity index (χ0) is 10.1. The van der Waals surface area contributed by atoms with Gasteiger partial charge in [-0.25, -0.2) is 0 Å². The summed E-state index contributed by atoms with van der Waals surface area (Å²) < 4.78 is 0. The SMILES string of the molecule is CN(CC(N)=O)C1CCC(C)(C)C1. The highest BCUT2D eigenvalue weighted by molar-refractivity contribution is 5.75. The van der Waals surface area contributed by atoms with E-state index in [1.807, 2.05) is 7.05 Å². The summed E-state index contributed by atoms with van der Waals surface area (Å²) in [7, 11) is 1.98. The lowest BCUT2D eigenvalue weighted by atomic mass is 9.91. The van der Waals surface area contributed by atoms with Crippen molar-refractivity contribution in [1.29, 1.82) is 0 Å². The molecule has 0 aromatic carbocycles. The molecule has 0 aliphatic heterocycles. The van der Waals surface area contributed by atoms with Crippen LogP contribution in [0.1, 0.15) is 33.1 Å². The standard InChI is InChI=1S/C10H20N2O/c1-10(2)5-4-8(6-10)12(3)7-9(11)13/h8H,4-7H2,1-3H3,(H2,11,13). The minimum atomic E-state index is -0.229. The van der Waals surface area contributed by atoms with Crippen LogP contribution in [0.2, 0.25) is 0 Å². The average molecular weight is 184 g/mol. The number of rotatable bonds is 3. The lowest BCUT2D eigenvalue weighted by Crippen LogP contribution is -2.37. The van der Waals surface area contributed by atoms with Gasteiger partial charge in [-0.2, -0.15) is 0 Å². The van der Waals surface area contributed by atoms with E-state index in [1.54, 1.807) is 0 Å². The molecule has 76 valence electrons. The fourth-order valence-corrected chi connectivity index (χ4v) is 2.15. The van der Waals surface area contributed by atoms with Gasteiger partial charge >= 0.3 is 0 Å². The normalized spacial score (nSPS) is 26.6. The second kappa shape index (κ2) is 3.66. The number of carbonyl (C=O) groups excluding carboxylic acids is 1. The molecule has 2 N–H and O–H groups in total. The first-order chi connectivity index (χ1) is 5.91. The van der Waals surface area contributed by atoms with Gasteiger partial charge < -0.3 is 5.73 Å². The van der Waals surface area contributed by atoms with E-state index in [0.29, 0.717) is 18.0 Å². The minimum Gasteiger partial charge on any atom is -0.369 e. The first kappa shape index (κ1) is 10.5. The molecule has 1 aliphatic carbocycles. The van der Waals surface area contributed by atoms with Gasteiger partial charge in [-0.15, -0.1) is 0 Å². The number of amides is 1. The molecule has 0 bridgehead atoms. The number of primary amides is 1. The largest absolute Gasteiger partial charge is 0.369 e. The van der Waals surface area contributed by atoms with Crippen molar-refractivity contribution in [2.45, 2.75) is 39.2 Å². The number of nitrogens with two attached hydrogens (primary N) is 1. The van der Waals surface area contributed by atoms with Crippen molar-refractivity contribution >= 4 is 5.91 Å². The summed E-state index contributed by atoms with van der Waals surface area (Å²) in [4.78, 5) is 12.8. The van der Waals surface area contributed by atoms with Crippen LogP contribution in [0, 0.1) is 5.41 Å². The zero-order valence-corrected chi connectivity index (χ0v) is 8.84. The summed E-state index contributed by atoms with van der Waals surface area (Å²) in [5, 5.41) is 0. The highest BCUT2D eigenvalue weighted by Crippen LogP contribution is 2.38. The Morgan fingerprint density at radius 2 is 2.23 bits per heavy atom. The lowest BCUT2D eigenvalue weighted by molar-refractivity contribution is -0.119. The van der Waals surface area contributed by atoms with Crippen molar-refractivity contribution in [2.75, 3.05) is 13.6 Å². The Labute approximate surface area is 80.3 Å². The van der Waals surface area contributed by atoms with Crippen LogP contribution in [0.5, 0.6) is 0 Å². The fraction of sp³-hybridized carbons (Fsp3) is 0.900. The van der Waals surface area contributed by atoms with Gasteiger partial charge in [0.05, 0.1) is 6.54 Å². The van der Waals surface area contributed by atoms with Gasteiger partial charge in [0, 0.05) is 6.04 Å². The Bertz CT molecular complexity index is 201. The number of nitrogens with zero attached hydrogens (tertiary/aromatic N) is 1. The van der Waals surface area contributed by atoms with Crippen molar-refractivity contribution in [3.63, 3.8) is 0 Å². The van der Waals surface area contributed by atoms with Crippen LogP contribution >= 0.6 is 0 Å². The van der Waals surface area contributed by atoms with Gasteiger partial charge in [-0.05, 0) is 31.7 Å². The molecular formula is C10H20N2O. The quantitative estimate of drug-likeness (QED) is 0.710. The Morgan fingerprint density at radius 1 is 1.62 bits per heavy atom. The molecule has 1 unspecified atom stereocenters. The Kier molecular flexibility index (Phi) is 2.96. The predicted octanol–water partition coefficient (Wildman–Crippen LogP) is 0.982. The zero-order valence-electron chi connectivity index (χ0n) is 8.84. The lowest BCUT2D eigenvalue weighted by Gasteiger charge is -2.24. The number of hydrogen-bond donors (Lipinski definition) is 1. The van der Waals surface area contributed by atoms with E-state index in [4.69, 9.17) is 5.73 Å². The molecule has 0 saturated heterocycles. The van der Waals surface area contributed by atoms with Crippen LogP contribution < -0.4 is 5.73 Å². The molecular weight excluding hydrogens is 164 g/mol. The average Bonchev–Trinajstić information content (AvgIpc) is 2.28. The second-order valence-corrected chi connectivity index (χ2v) is 4.94. The molecule has 1 atom stereocenters. The molecule has 0 heterocycles. The van der Waals surface area contributed by atoms with Gasteiger partial charge in [0.25, 0.3) is 0 Å². The van der Waals surface area contributed by atoms with Crippen molar-refractivity contribution < 1.29 is 4.79 Å². The first-order valence-corrected chi connectivity index (χ1v) is 4.89. The van der Waals surface area contributed by atoms with E-state index in [-0.39, 0.29) is 5.91 Å². The molecule has 1 aliphatic rings. The molecule has 0 aromatic heterocycles. The van der Waals surface area contributed by atoms with Crippen molar-refractivity contribution in [1.82, 2.24) is 4.90 Å². The van der Waals surface area contributed by atoms with Crippen LogP contribution in [0.3, 0.4) is 0 Å². The topological polar surface area (TPSA) is 46.3 Å². The van der Waals surface area contributed by atoms with Gasteiger partial charge in [-0.1, -0.05) is 13.8 Å². The molecule has 0 radical (unpaired) electrons. The summed E-state index contributed by atoms with van der Waals surface area (Å²) in [5.74, 6) is -0.229. The van der Waals surface area contributed by atoms with E-state index in [9.17, 15) is 4.79 Å². The summed E-state index contributed by atoms with van der Waals surface area (Å²) in [6, 6.07) is 0.544. The summed E-state index contributed by atoms with van der Waals surface area (Å²) in [6.45, 7) is 4.96. The van der Waals surface area contributed by atoms with E-state index in [2.05, 4.69) is 18.7 Å². The summed E-state index contributed by atoms with van der Waals surface area (Å²) >= 11 is 0. The van der Waals surface area contributed by atoms with Crippen LogP contribution in [0.15, 0.2) is 0 Å². The van der Waals surface area contributed by atoms with Crippen LogP contribution in [-0.2, 0) is 4.79 Å². The van der Waals surface area contributed by atoms with E-state index >= 15 is 0 Å². The molecule has 0 spiro atoms. The van der Waals surface area contributed by atoms with Crippen LogP contribution in [0.4, 0.5) is 0 Å². The Hall–Kier alpha value is -0.570. The van der Waals surface area contributed by atoms with Gasteiger partial charge in [0.15, 0.2) is 0 Å². The molecule has 13 heavy (non-hydrogen) atoms. The monoisotopic (exact) mass is 184 g/mol. The second-order valence-electron chi connectivity index (χ2n) is 4.94. The third-order valence-electron chi connectivity index (χ3n) is 2.97. The maximum absolute atomic E-state index is 10.7. The van der Waals surface area contributed by atoms with E-state index in [0.717, 1.165) is 0 Å². The highest BCUT2D eigenvalue weighted by Gasteiger charge is 2.33. The minimum absolute atomic E-state index is 0.229. The molecule has 3 nitrogen and oxygen atoms in total. The fourth-order valence-electron chi connectivity index (χ4n) is 2.15. The Balaban J connectivity index is 2.42. The van der Waals surface area contributed by atoms with E-state index in [1.165, 1.54) is 19.3 Å². The van der Waals surface area contributed by atoms with Crippen molar-refractivity contribution in [3.05, 3.63) is 0 Å². The molecule has 1 amide bonds. The Morgan fingerprint density at radius 3 is 2.62 bits per heavy atom. The summed E-state index contributed by atoms with van der Waals surface area (Å²) in [5.41, 5.74) is 5.59. The van der Waals surface area contributed by atoms with Crippen LogP contribution in [-0.4, -0.2) is 30.4 Å². The molecule has 1 rings (SSSR count). The number of carbonyl (C=O) groups is 1. The molecule has 1 saturated carbocycles. The predicted molar refractivity (Wildman–Crippen MR) is 53.2 cm³/mol. The third kappa shape index (κ3) is 2.99. The maximum atomic E-state index is 10.7. The maximum Gasteiger partial charge on any atom is 0.231 e. The van der Waals surface area contributed by atoms with Crippen molar-refractivity contribution in [2.24, 2.45) is 11.1 Å². The highest BCUT2D eigenvalue weighted by atomic mass is 16.1. The van der Waals surface area contributed by atoms with E-state index < -0.39 is 0 Å². The number of likely N-dealkylation sites (N-methyl/N-ethyl adjacent to an activating group) is 1. The summed E-state index contributed by atoms with van der Waals surface area (Å²) in [6.07, 6.45) is 3.62. The smallest absolute Gasteiger partial charge is 0.231 e. The number of hydrogen-bond acceptors (Lipinski definition) is 2. The van der Waals surface area contributed by atoms with Gasteiger partial charge in [0.2, 0.25) is 5.91 Å². The molecule has 0 aromatic rings. The van der Waals surface area contributed by atoms with Gasteiger partial charge in [-0.3, -0.25) is 9.69 Å². The van der Waals surface area contributed by atoms with Gasteiger partial charge in [0.1, 0.15) is 0 Å². The third-order valence-corrected chi connectivity index (χ3v) is 2.97. The molecule has 3 heteroatoms.